The maximum absolute atomic E-state index is 12.1. The number of ether oxygens (including phenoxy) is 2. The molecular weight excluding hydrogens is 386 g/mol. The van der Waals surface area contributed by atoms with Gasteiger partial charge in [0.05, 0.1) is 6.61 Å². The van der Waals surface area contributed by atoms with Gasteiger partial charge in [-0.25, -0.2) is 4.79 Å². The summed E-state index contributed by atoms with van der Waals surface area (Å²) in [5, 5.41) is 12.1. The number of likely N-dealkylation sites (tertiary alicyclic amines) is 1. The third-order valence-corrected chi connectivity index (χ3v) is 4.20. The zero-order chi connectivity index (χ0) is 22.7. The van der Waals surface area contributed by atoms with Gasteiger partial charge < -0.3 is 24.6 Å². The maximum atomic E-state index is 12.1. The molecule has 0 aliphatic carbocycles. The van der Waals surface area contributed by atoms with Crippen molar-refractivity contribution >= 4 is 18.0 Å². The molecule has 168 valence electrons. The lowest BCUT2D eigenvalue weighted by Crippen LogP contribution is -2.55. The van der Waals surface area contributed by atoms with E-state index in [1.54, 1.807) is 11.8 Å². The molecule has 0 bridgehead atoms. The highest BCUT2D eigenvalue weighted by atomic mass is 16.6. The van der Waals surface area contributed by atoms with Crippen LogP contribution in [0.4, 0.5) is 4.79 Å². The number of nitrogens with zero attached hydrogens (tertiary/aromatic N) is 4. The molecule has 0 aromatic rings. The molecule has 1 saturated heterocycles. The van der Waals surface area contributed by atoms with Crippen LogP contribution in [0.3, 0.4) is 0 Å². The minimum Gasteiger partial charge on any atom is -0.465 e. The topological polar surface area (TPSA) is 107 Å². The Morgan fingerprint density at radius 3 is 2.63 bits per heavy atom. The molecule has 1 N–H and O–H groups in total. The molecule has 1 aliphatic heterocycles. The first-order valence-electron chi connectivity index (χ1n) is 10.3. The zero-order valence-corrected chi connectivity index (χ0v) is 19.0. The fourth-order valence-corrected chi connectivity index (χ4v) is 3.01. The highest BCUT2D eigenvalue weighted by Gasteiger charge is 2.29. The van der Waals surface area contributed by atoms with Crippen LogP contribution in [0.5, 0.6) is 0 Å². The number of aliphatic imine (C=N–C) groups is 1. The third-order valence-electron chi connectivity index (χ3n) is 4.20. The standard InChI is InChI=1S/C21H35N5O4/c1-7-29-18(27)14-26(12-10-16(2)3)19(23-15-22)25-11-8-9-17(13-25)24-20(28)30-21(4,5)6/h10,17H,7-9,11-14H2,1-6H3,(H,24,28)/b23-19-/t17-/m1/s1. The normalized spacial score (nSPS) is 16.9. The maximum Gasteiger partial charge on any atom is 0.407 e. The van der Waals surface area contributed by atoms with Gasteiger partial charge in [-0.2, -0.15) is 5.26 Å². The first-order valence-corrected chi connectivity index (χ1v) is 10.3. The first-order chi connectivity index (χ1) is 14.1. The molecule has 1 fully saturated rings. The predicted molar refractivity (Wildman–Crippen MR) is 115 cm³/mol. The summed E-state index contributed by atoms with van der Waals surface area (Å²) in [4.78, 5) is 31.9. The number of hydrogen-bond donors (Lipinski definition) is 1. The largest absolute Gasteiger partial charge is 0.465 e. The van der Waals surface area contributed by atoms with Crippen LogP contribution in [-0.2, 0) is 14.3 Å². The summed E-state index contributed by atoms with van der Waals surface area (Å²) in [5.41, 5.74) is 0.510. The average Bonchev–Trinajstić information content (AvgIpc) is 2.62. The Balaban J connectivity index is 2.96. The third kappa shape index (κ3) is 9.63. The van der Waals surface area contributed by atoms with Crippen LogP contribution in [0.2, 0.25) is 0 Å². The lowest BCUT2D eigenvalue weighted by molar-refractivity contribution is -0.143. The van der Waals surface area contributed by atoms with E-state index in [1.807, 2.05) is 51.8 Å². The lowest BCUT2D eigenvalue weighted by Gasteiger charge is -2.38. The van der Waals surface area contributed by atoms with E-state index in [0.29, 0.717) is 25.6 Å². The molecule has 1 heterocycles. The van der Waals surface area contributed by atoms with Gasteiger partial charge >= 0.3 is 12.1 Å². The van der Waals surface area contributed by atoms with Crippen molar-refractivity contribution < 1.29 is 19.1 Å². The van der Waals surface area contributed by atoms with Gasteiger partial charge in [0.1, 0.15) is 12.1 Å². The number of alkyl carbamates (subject to hydrolysis) is 1. The molecule has 0 aromatic carbocycles. The van der Waals surface area contributed by atoms with Gasteiger partial charge in [0.25, 0.3) is 0 Å². The molecule has 0 saturated carbocycles. The van der Waals surface area contributed by atoms with Gasteiger partial charge in [0.2, 0.25) is 12.2 Å². The number of hydrogen-bond acceptors (Lipinski definition) is 6. The highest BCUT2D eigenvalue weighted by molar-refractivity contribution is 5.85. The molecule has 1 aliphatic rings. The zero-order valence-electron chi connectivity index (χ0n) is 19.0. The van der Waals surface area contributed by atoms with Crippen LogP contribution in [0.25, 0.3) is 0 Å². The van der Waals surface area contributed by atoms with Gasteiger partial charge in [-0.05, 0) is 54.4 Å². The van der Waals surface area contributed by atoms with Crippen LogP contribution in [0.1, 0.15) is 54.4 Å². The Morgan fingerprint density at radius 1 is 1.37 bits per heavy atom. The Labute approximate surface area is 179 Å². The van der Waals surface area contributed by atoms with Crippen LogP contribution in [0, 0.1) is 11.5 Å². The Morgan fingerprint density at radius 2 is 2.07 bits per heavy atom. The minimum atomic E-state index is -0.577. The molecule has 1 rings (SSSR count). The van der Waals surface area contributed by atoms with E-state index in [2.05, 4.69) is 10.3 Å². The second kappa shape index (κ2) is 12.1. The summed E-state index contributed by atoms with van der Waals surface area (Å²) in [6.45, 7) is 12.9. The summed E-state index contributed by atoms with van der Waals surface area (Å²) < 4.78 is 10.4. The van der Waals surface area contributed by atoms with Crippen molar-refractivity contribution in [3.8, 4) is 6.19 Å². The van der Waals surface area contributed by atoms with Crippen LogP contribution < -0.4 is 5.32 Å². The number of carbonyl (C=O) groups excluding carboxylic acids is 2. The van der Waals surface area contributed by atoms with E-state index in [4.69, 9.17) is 9.47 Å². The Bertz CT molecular complexity index is 686. The number of nitriles is 1. The monoisotopic (exact) mass is 421 g/mol. The van der Waals surface area contributed by atoms with Gasteiger partial charge in [-0.1, -0.05) is 11.6 Å². The Hall–Kier alpha value is -2.76. The lowest BCUT2D eigenvalue weighted by atomic mass is 10.1. The van der Waals surface area contributed by atoms with Crippen molar-refractivity contribution in [2.24, 2.45) is 4.99 Å². The Kier molecular flexibility index (Phi) is 10.2. The van der Waals surface area contributed by atoms with Crippen molar-refractivity contribution in [2.75, 3.05) is 32.8 Å². The molecular formula is C21H35N5O4. The van der Waals surface area contributed by atoms with Crippen LogP contribution in [0.15, 0.2) is 16.6 Å². The minimum absolute atomic E-state index is 0.0151. The van der Waals surface area contributed by atoms with Crippen molar-refractivity contribution in [2.45, 2.75) is 66.0 Å². The summed E-state index contributed by atoms with van der Waals surface area (Å²) in [6.07, 6.45) is 4.94. The van der Waals surface area contributed by atoms with Gasteiger partial charge in [-0.15, -0.1) is 4.99 Å². The first kappa shape index (κ1) is 25.3. The second-order valence-electron chi connectivity index (χ2n) is 8.41. The molecule has 1 amide bonds. The van der Waals surface area contributed by atoms with E-state index >= 15 is 0 Å². The van der Waals surface area contributed by atoms with E-state index < -0.39 is 11.7 Å². The summed E-state index contributed by atoms with van der Waals surface area (Å²) >= 11 is 0. The number of carbonyl (C=O) groups is 2. The van der Waals surface area contributed by atoms with E-state index in [0.717, 1.165) is 18.4 Å². The highest BCUT2D eigenvalue weighted by Crippen LogP contribution is 2.15. The van der Waals surface area contributed by atoms with Crippen LogP contribution >= 0.6 is 0 Å². The van der Waals surface area contributed by atoms with Crippen molar-refractivity contribution in [1.29, 1.82) is 5.26 Å². The number of esters is 1. The van der Waals surface area contributed by atoms with Crippen molar-refractivity contribution in [3.05, 3.63) is 11.6 Å². The number of amides is 1. The SMILES string of the molecule is CCOC(=O)CN(CC=C(C)C)/C(=N\C#N)N1CCC[C@@H](NC(=O)OC(C)(C)C)C1. The van der Waals surface area contributed by atoms with Crippen molar-refractivity contribution in [1.82, 2.24) is 15.1 Å². The molecule has 9 heteroatoms. The fraction of sp³-hybridized carbons (Fsp3) is 0.714. The quantitative estimate of drug-likeness (QED) is 0.231. The van der Waals surface area contributed by atoms with Gasteiger partial charge in [0, 0.05) is 25.7 Å². The summed E-state index contributed by atoms with van der Waals surface area (Å²) in [6, 6.07) is -0.148. The molecule has 0 spiro atoms. The molecule has 30 heavy (non-hydrogen) atoms. The smallest absolute Gasteiger partial charge is 0.407 e. The van der Waals surface area contributed by atoms with Gasteiger partial charge in [-0.3, -0.25) is 4.79 Å². The van der Waals surface area contributed by atoms with E-state index in [1.165, 1.54) is 0 Å². The van der Waals surface area contributed by atoms with Crippen molar-refractivity contribution in [3.63, 3.8) is 0 Å². The molecule has 0 aromatic heterocycles. The number of allylic oxidation sites excluding steroid dienone is 1. The second-order valence-corrected chi connectivity index (χ2v) is 8.41. The average molecular weight is 422 g/mol. The number of guanidine groups is 1. The fourth-order valence-electron chi connectivity index (χ4n) is 3.01. The molecule has 1 atom stereocenters. The van der Waals surface area contributed by atoms with E-state index in [9.17, 15) is 14.9 Å². The molecule has 0 radical (unpaired) electrons. The number of piperidine rings is 1. The van der Waals surface area contributed by atoms with E-state index in [-0.39, 0.29) is 25.2 Å². The number of nitrogens with one attached hydrogen (secondary N) is 1. The molecule has 9 nitrogen and oxygen atoms in total. The van der Waals surface area contributed by atoms with Crippen LogP contribution in [-0.4, -0.2) is 72.3 Å². The summed E-state index contributed by atoms with van der Waals surface area (Å²) in [5.74, 6) is 0.0180. The molecule has 0 unspecified atom stereocenters. The van der Waals surface area contributed by atoms with Gasteiger partial charge in [0.15, 0.2) is 0 Å². The summed E-state index contributed by atoms with van der Waals surface area (Å²) in [7, 11) is 0. The predicted octanol–water partition coefficient (Wildman–Crippen LogP) is 2.64. The number of rotatable bonds is 6.